The minimum absolute atomic E-state index is 0. The third-order valence-corrected chi connectivity index (χ3v) is 0.894. The third kappa shape index (κ3) is 11.6. The van der Waals surface area contributed by atoms with E-state index < -0.39 is 10.3 Å². The van der Waals surface area contributed by atoms with E-state index in [9.17, 15) is 8.42 Å². The van der Waals surface area contributed by atoms with Crippen molar-refractivity contribution in [2.75, 3.05) is 14.1 Å². The smallest absolute Gasteiger partial charge is 0.273 e. The zero-order chi connectivity index (χ0) is 6.78. The Bertz CT molecular complexity index is 153. The van der Waals surface area contributed by atoms with Crippen LogP contribution in [0.3, 0.4) is 0 Å². The molecule has 2 N–H and O–H groups in total. The van der Waals surface area contributed by atoms with Gasteiger partial charge in [-0.3, -0.25) is 4.55 Å². The van der Waals surface area contributed by atoms with Crippen molar-refractivity contribution in [3.63, 3.8) is 0 Å². The molecule has 0 bridgehead atoms. The van der Waals surface area contributed by atoms with Crippen LogP contribution in [0.5, 0.6) is 0 Å². The summed E-state index contributed by atoms with van der Waals surface area (Å²) in [5.74, 6) is 0. The van der Waals surface area contributed by atoms with Crippen LogP contribution < -0.4 is 4.83 Å². The fourth-order valence-electron chi connectivity index (χ4n) is 0.231. The van der Waals surface area contributed by atoms with Crippen LogP contribution in [0.25, 0.3) is 0 Å². The summed E-state index contributed by atoms with van der Waals surface area (Å²) < 4.78 is 27.7. The van der Waals surface area contributed by atoms with Gasteiger partial charge in [0, 0.05) is 14.1 Å². The van der Waals surface area contributed by atoms with Gasteiger partial charge in [-0.05, 0) is 0 Å². The number of hydrazine groups is 1. The summed E-state index contributed by atoms with van der Waals surface area (Å²) in [6, 6.07) is 0. The lowest BCUT2D eigenvalue weighted by molar-refractivity contribution is 0.335. The van der Waals surface area contributed by atoms with Crippen LogP contribution >= 0.6 is 12.4 Å². The molecule has 0 atom stereocenters. The van der Waals surface area contributed by atoms with Crippen molar-refractivity contribution in [3.05, 3.63) is 0 Å². The first-order valence-electron chi connectivity index (χ1n) is 1.84. The number of hydrogen-bond acceptors (Lipinski definition) is 3. The van der Waals surface area contributed by atoms with Gasteiger partial charge in [0.25, 0.3) is 0 Å². The van der Waals surface area contributed by atoms with Crippen LogP contribution in [0, 0.1) is 0 Å². The van der Waals surface area contributed by atoms with Crippen LogP contribution in [0.15, 0.2) is 0 Å². The Morgan fingerprint density at radius 3 is 1.78 bits per heavy atom. The molecular formula is C2H9ClN2O3S. The van der Waals surface area contributed by atoms with Gasteiger partial charge < -0.3 is 0 Å². The molecule has 7 heteroatoms. The number of nitrogens with zero attached hydrogens (tertiary/aromatic N) is 1. The standard InChI is InChI=1S/C2H8N2O3S.ClH/c1-4(2)3-8(5,6)7;/h3H,1-2H3,(H,5,6,7);1H. The summed E-state index contributed by atoms with van der Waals surface area (Å²) in [6.45, 7) is 0. The Morgan fingerprint density at radius 1 is 1.44 bits per heavy atom. The van der Waals surface area contributed by atoms with Gasteiger partial charge in [-0.2, -0.15) is 8.42 Å². The fraction of sp³-hybridized carbons (Fsp3) is 1.00. The Balaban J connectivity index is 0. The average Bonchev–Trinajstić information content (AvgIpc) is 1.21. The lowest BCUT2D eigenvalue weighted by Crippen LogP contribution is -2.35. The van der Waals surface area contributed by atoms with E-state index in [2.05, 4.69) is 0 Å². The summed E-state index contributed by atoms with van der Waals surface area (Å²) in [6.07, 6.45) is 0. The van der Waals surface area contributed by atoms with Crippen molar-refractivity contribution in [1.29, 1.82) is 0 Å². The highest BCUT2D eigenvalue weighted by Crippen LogP contribution is 1.71. The summed E-state index contributed by atoms with van der Waals surface area (Å²) in [5.41, 5.74) is 0. The van der Waals surface area contributed by atoms with Gasteiger partial charge in [-0.15, -0.1) is 17.2 Å². The molecule has 0 aromatic rings. The summed E-state index contributed by atoms with van der Waals surface area (Å²) in [5, 5.41) is 1.12. The highest BCUT2D eigenvalue weighted by Gasteiger charge is 2.01. The molecular weight excluding hydrogens is 168 g/mol. The molecule has 0 aliphatic heterocycles. The molecule has 0 aliphatic rings. The van der Waals surface area contributed by atoms with E-state index in [1.165, 1.54) is 14.1 Å². The van der Waals surface area contributed by atoms with Crippen LogP contribution in [-0.4, -0.2) is 32.1 Å². The summed E-state index contributed by atoms with van der Waals surface area (Å²) in [7, 11) is -1.14. The van der Waals surface area contributed by atoms with Gasteiger partial charge in [0.15, 0.2) is 0 Å². The van der Waals surface area contributed by atoms with Crippen molar-refractivity contribution >= 4 is 22.7 Å². The molecule has 0 aromatic carbocycles. The first kappa shape index (κ1) is 11.9. The Hall–Kier alpha value is 0.120. The Labute approximate surface area is 60.3 Å². The summed E-state index contributed by atoms with van der Waals surface area (Å²) in [4.78, 5) is 1.74. The molecule has 0 fully saturated rings. The minimum atomic E-state index is -4.05. The van der Waals surface area contributed by atoms with Crippen LogP contribution in [0.2, 0.25) is 0 Å². The molecule has 0 saturated heterocycles. The minimum Gasteiger partial charge on any atom is -0.273 e. The van der Waals surface area contributed by atoms with Gasteiger partial charge in [-0.1, -0.05) is 0 Å². The quantitative estimate of drug-likeness (QED) is 0.430. The molecule has 0 amide bonds. The maximum atomic E-state index is 9.84. The largest absolute Gasteiger partial charge is 0.346 e. The fourth-order valence-corrected chi connectivity index (χ4v) is 0.692. The monoisotopic (exact) mass is 176 g/mol. The van der Waals surface area contributed by atoms with E-state index in [-0.39, 0.29) is 12.4 Å². The molecule has 0 aromatic heterocycles. The van der Waals surface area contributed by atoms with Crippen molar-refractivity contribution in [1.82, 2.24) is 9.84 Å². The second-order valence-electron chi connectivity index (χ2n) is 1.46. The van der Waals surface area contributed by atoms with Gasteiger partial charge in [0.1, 0.15) is 0 Å². The maximum absolute atomic E-state index is 9.84. The molecule has 0 radical (unpaired) electrons. The van der Waals surface area contributed by atoms with E-state index >= 15 is 0 Å². The van der Waals surface area contributed by atoms with Gasteiger partial charge in [0.2, 0.25) is 0 Å². The van der Waals surface area contributed by atoms with Gasteiger partial charge >= 0.3 is 10.3 Å². The molecule has 0 unspecified atom stereocenters. The molecule has 0 rings (SSSR count). The van der Waals surface area contributed by atoms with E-state index in [1.54, 1.807) is 4.83 Å². The first-order valence-corrected chi connectivity index (χ1v) is 3.28. The number of rotatable bonds is 2. The highest BCUT2D eigenvalue weighted by atomic mass is 35.5. The Morgan fingerprint density at radius 2 is 1.78 bits per heavy atom. The maximum Gasteiger partial charge on any atom is 0.346 e. The number of halogens is 1. The highest BCUT2D eigenvalue weighted by molar-refractivity contribution is 7.83. The van der Waals surface area contributed by atoms with Crippen LogP contribution in [0.1, 0.15) is 0 Å². The molecule has 0 saturated carbocycles. The van der Waals surface area contributed by atoms with Crippen molar-refractivity contribution in [2.45, 2.75) is 0 Å². The second-order valence-corrected chi connectivity index (χ2v) is 2.59. The number of hydrogen-bond donors (Lipinski definition) is 2. The zero-order valence-corrected chi connectivity index (χ0v) is 6.66. The van der Waals surface area contributed by atoms with E-state index in [0.717, 1.165) is 5.01 Å². The normalized spacial score (nSPS) is 11.1. The van der Waals surface area contributed by atoms with Gasteiger partial charge in [0.05, 0.1) is 0 Å². The molecule has 0 aliphatic carbocycles. The molecule has 58 valence electrons. The second kappa shape index (κ2) is 4.02. The van der Waals surface area contributed by atoms with Crippen molar-refractivity contribution in [3.8, 4) is 0 Å². The molecule has 5 nitrogen and oxygen atoms in total. The molecule has 0 heterocycles. The van der Waals surface area contributed by atoms with Crippen molar-refractivity contribution < 1.29 is 13.0 Å². The first-order chi connectivity index (χ1) is 3.42. The topological polar surface area (TPSA) is 69.6 Å². The molecule has 0 spiro atoms. The summed E-state index contributed by atoms with van der Waals surface area (Å²) >= 11 is 0. The molecule has 9 heavy (non-hydrogen) atoms. The lowest BCUT2D eigenvalue weighted by atomic mass is 11.2. The van der Waals surface area contributed by atoms with Crippen LogP contribution in [-0.2, 0) is 10.3 Å². The van der Waals surface area contributed by atoms with Gasteiger partial charge in [-0.25, -0.2) is 5.01 Å². The SMILES string of the molecule is CN(C)NS(=O)(=O)O.Cl. The third-order valence-electron chi connectivity index (χ3n) is 0.298. The van der Waals surface area contributed by atoms with Crippen molar-refractivity contribution in [2.24, 2.45) is 0 Å². The van der Waals surface area contributed by atoms with E-state index in [1.807, 2.05) is 0 Å². The predicted octanol–water partition coefficient (Wildman–Crippen LogP) is -0.723. The lowest BCUT2D eigenvalue weighted by Gasteiger charge is -2.06. The zero-order valence-electron chi connectivity index (χ0n) is 5.03. The van der Waals surface area contributed by atoms with E-state index in [4.69, 9.17) is 4.55 Å². The predicted molar refractivity (Wildman–Crippen MR) is 35.6 cm³/mol. The van der Waals surface area contributed by atoms with Crippen LogP contribution in [0.4, 0.5) is 0 Å². The number of nitrogens with one attached hydrogen (secondary N) is 1. The Kier molecular flexibility index (Phi) is 5.30. The average molecular weight is 177 g/mol. The van der Waals surface area contributed by atoms with E-state index in [0.29, 0.717) is 0 Å².